The van der Waals surface area contributed by atoms with Gasteiger partial charge in [0.2, 0.25) is 5.13 Å². The third kappa shape index (κ3) is 4.05. The molecule has 0 saturated carbocycles. The molecule has 1 heterocycles. The van der Waals surface area contributed by atoms with Crippen LogP contribution in [0.3, 0.4) is 0 Å². The van der Waals surface area contributed by atoms with Crippen molar-refractivity contribution < 1.29 is 4.74 Å². The summed E-state index contributed by atoms with van der Waals surface area (Å²) < 4.78 is 5.99. The highest BCUT2D eigenvalue weighted by molar-refractivity contribution is 7.14. The molecule has 4 nitrogen and oxygen atoms in total. The molecule has 0 aliphatic carbocycles. The fourth-order valence-electron chi connectivity index (χ4n) is 2.98. The molecular formula is C23H21N3OS. The fourth-order valence-corrected chi connectivity index (χ4v) is 3.65. The Morgan fingerprint density at radius 3 is 2.61 bits per heavy atom. The van der Waals surface area contributed by atoms with Crippen LogP contribution in [0.25, 0.3) is 22.0 Å². The maximum absolute atomic E-state index is 5.99. The molecule has 0 aliphatic heterocycles. The SMILES string of the molecule is CC(C)Oc1ccc2ccccc2c1C=NNc1nc(-c2ccccc2)cs1. The Balaban J connectivity index is 1.59. The molecule has 0 bridgehead atoms. The van der Waals surface area contributed by atoms with Crippen molar-refractivity contribution in [1.29, 1.82) is 0 Å². The number of rotatable bonds is 6. The minimum absolute atomic E-state index is 0.0914. The van der Waals surface area contributed by atoms with Gasteiger partial charge in [-0.2, -0.15) is 5.10 Å². The minimum Gasteiger partial charge on any atom is -0.490 e. The number of anilines is 1. The zero-order valence-corrected chi connectivity index (χ0v) is 16.6. The molecule has 1 N–H and O–H groups in total. The second-order valence-electron chi connectivity index (χ2n) is 6.64. The molecule has 0 amide bonds. The number of fused-ring (bicyclic) bond motifs is 1. The first-order valence-electron chi connectivity index (χ1n) is 9.19. The summed E-state index contributed by atoms with van der Waals surface area (Å²) in [7, 11) is 0. The highest BCUT2D eigenvalue weighted by atomic mass is 32.1. The third-order valence-electron chi connectivity index (χ3n) is 4.22. The van der Waals surface area contributed by atoms with Crippen molar-refractivity contribution in [3.63, 3.8) is 0 Å². The maximum atomic E-state index is 5.99. The lowest BCUT2D eigenvalue weighted by Crippen LogP contribution is -2.08. The number of benzene rings is 3. The zero-order valence-electron chi connectivity index (χ0n) is 15.8. The Bertz CT molecular complexity index is 1100. The molecule has 4 rings (SSSR count). The number of hydrazone groups is 1. The van der Waals surface area contributed by atoms with E-state index in [1.807, 2.05) is 74.0 Å². The summed E-state index contributed by atoms with van der Waals surface area (Å²) in [5, 5.41) is 9.47. The number of hydrogen-bond donors (Lipinski definition) is 1. The van der Waals surface area contributed by atoms with E-state index in [1.165, 1.54) is 11.3 Å². The second-order valence-corrected chi connectivity index (χ2v) is 7.50. The quantitative estimate of drug-likeness (QED) is 0.317. The molecule has 140 valence electrons. The van der Waals surface area contributed by atoms with E-state index in [-0.39, 0.29) is 6.10 Å². The molecular weight excluding hydrogens is 366 g/mol. The van der Waals surface area contributed by atoms with Crippen molar-refractivity contribution >= 4 is 33.5 Å². The van der Waals surface area contributed by atoms with Gasteiger partial charge in [0.1, 0.15) is 5.75 Å². The first kappa shape index (κ1) is 18.2. The largest absolute Gasteiger partial charge is 0.490 e. The summed E-state index contributed by atoms with van der Waals surface area (Å²) in [5.41, 5.74) is 6.04. The van der Waals surface area contributed by atoms with E-state index < -0.39 is 0 Å². The first-order valence-corrected chi connectivity index (χ1v) is 10.1. The molecule has 28 heavy (non-hydrogen) atoms. The van der Waals surface area contributed by atoms with Crippen molar-refractivity contribution in [2.45, 2.75) is 20.0 Å². The van der Waals surface area contributed by atoms with Gasteiger partial charge in [-0.05, 0) is 30.7 Å². The molecule has 0 aliphatic rings. The van der Waals surface area contributed by atoms with Gasteiger partial charge in [0, 0.05) is 16.5 Å². The number of nitrogens with one attached hydrogen (secondary N) is 1. The summed E-state index contributed by atoms with van der Waals surface area (Å²) >= 11 is 1.53. The first-order chi connectivity index (χ1) is 13.7. The van der Waals surface area contributed by atoms with Crippen LogP contribution in [-0.4, -0.2) is 17.3 Å². The Hall–Kier alpha value is -3.18. The standard InChI is InChI=1S/C23H21N3OS/c1-16(2)27-22-13-12-17-8-6-7-11-19(17)20(22)14-24-26-23-25-21(15-28-23)18-9-4-3-5-10-18/h3-16H,1-2H3,(H,25,26). The van der Waals surface area contributed by atoms with Crippen LogP contribution in [0.5, 0.6) is 5.75 Å². The van der Waals surface area contributed by atoms with Crippen LogP contribution < -0.4 is 10.2 Å². The predicted octanol–water partition coefficient (Wildman–Crippen LogP) is 6.20. The van der Waals surface area contributed by atoms with Crippen molar-refractivity contribution in [2.75, 3.05) is 5.43 Å². The second kappa shape index (κ2) is 8.23. The molecule has 5 heteroatoms. The Morgan fingerprint density at radius 2 is 1.79 bits per heavy atom. The van der Waals surface area contributed by atoms with Crippen LogP contribution >= 0.6 is 11.3 Å². The van der Waals surface area contributed by atoms with E-state index in [0.717, 1.165) is 38.5 Å². The lowest BCUT2D eigenvalue weighted by Gasteiger charge is -2.14. The predicted molar refractivity (Wildman–Crippen MR) is 118 cm³/mol. The lowest BCUT2D eigenvalue weighted by atomic mass is 10.0. The van der Waals surface area contributed by atoms with Crippen molar-refractivity contribution in [3.8, 4) is 17.0 Å². The van der Waals surface area contributed by atoms with E-state index in [9.17, 15) is 0 Å². The van der Waals surface area contributed by atoms with Gasteiger partial charge in [-0.15, -0.1) is 11.3 Å². The normalized spacial score (nSPS) is 11.4. The van der Waals surface area contributed by atoms with Crippen molar-refractivity contribution in [2.24, 2.45) is 5.10 Å². The summed E-state index contributed by atoms with van der Waals surface area (Å²) in [6.45, 7) is 4.05. The Morgan fingerprint density at radius 1 is 1.00 bits per heavy atom. The molecule has 0 unspecified atom stereocenters. The zero-order chi connectivity index (χ0) is 19.3. The van der Waals surface area contributed by atoms with Crippen molar-refractivity contribution in [1.82, 2.24) is 4.98 Å². The highest BCUT2D eigenvalue weighted by Crippen LogP contribution is 2.28. The lowest BCUT2D eigenvalue weighted by molar-refractivity contribution is 0.242. The molecule has 0 saturated heterocycles. The maximum Gasteiger partial charge on any atom is 0.203 e. The Kier molecular flexibility index (Phi) is 5.35. The topological polar surface area (TPSA) is 46.5 Å². The van der Waals surface area contributed by atoms with Gasteiger partial charge in [0.15, 0.2) is 0 Å². The monoisotopic (exact) mass is 387 g/mol. The van der Waals surface area contributed by atoms with Crippen LogP contribution in [-0.2, 0) is 0 Å². The molecule has 0 fully saturated rings. The van der Waals surface area contributed by atoms with Crippen LogP contribution in [0, 0.1) is 0 Å². The highest BCUT2D eigenvalue weighted by Gasteiger charge is 2.09. The van der Waals surface area contributed by atoms with Gasteiger partial charge >= 0.3 is 0 Å². The summed E-state index contributed by atoms with van der Waals surface area (Å²) in [6.07, 6.45) is 1.90. The van der Waals surface area contributed by atoms with E-state index >= 15 is 0 Å². The summed E-state index contributed by atoms with van der Waals surface area (Å²) in [6, 6.07) is 22.4. The number of hydrogen-bond acceptors (Lipinski definition) is 5. The van der Waals surface area contributed by atoms with E-state index in [1.54, 1.807) is 0 Å². The molecule has 3 aromatic carbocycles. The van der Waals surface area contributed by atoms with Crippen LogP contribution in [0.15, 0.2) is 77.2 Å². The molecule has 1 aromatic heterocycles. The van der Waals surface area contributed by atoms with E-state index in [4.69, 9.17) is 4.74 Å². The number of ether oxygens (including phenoxy) is 1. The summed E-state index contributed by atoms with van der Waals surface area (Å²) in [4.78, 5) is 4.61. The van der Waals surface area contributed by atoms with Gasteiger partial charge < -0.3 is 4.74 Å². The Labute approximate surface area is 168 Å². The average molecular weight is 388 g/mol. The smallest absolute Gasteiger partial charge is 0.203 e. The molecule has 0 atom stereocenters. The average Bonchev–Trinajstić information content (AvgIpc) is 3.18. The van der Waals surface area contributed by atoms with Gasteiger partial charge in [-0.3, -0.25) is 5.43 Å². The van der Waals surface area contributed by atoms with Gasteiger partial charge in [-0.25, -0.2) is 4.98 Å². The van der Waals surface area contributed by atoms with E-state index in [0.29, 0.717) is 0 Å². The summed E-state index contributed by atoms with van der Waals surface area (Å²) in [5.74, 6) is 0.823. The van der Waals surface area contributed by atoms with Gasteiger partial charge in [0.25, 0.3) is 0 Å². The van der Waals surface area contributed by atoms with Gasteiger partial charge in [-0.1, -0.05) is 60.7 Å². The molecule has 4 aromatic rings. The van der Waals surface area contributed by atoms with Crippen LogP contribution in [0.4, 0.5) is 5.13 Å². The van der Waals surface area contributed by atoms with Crippen LogP contribution in [0.2, 0.25) is 0 Å². The number of nitrogens with zero attached hydrogens (tertiary/aromatic N) is 2. The van der Waals surface area contributed by atoms with Crippen molar-refractivity contribution in [3.05, 3.63) is 77.7 Å². The van der Waals surface area contributed by atoms with E-state index in [2.05, 4.69) is 33.7 Å². The van der Waals surface area contributed by atoms with Crippen LogP contribution in [0.1, 0.15) is 19.4 Å². The van der Waals surface area contributed by atoms with Gasteiger partial charge in [0.05, 0.1) is 18.0 Å². The fraction of sp³-hybridized carbons (Fsp3) is 0.130. The third-order valence-corrected chi connectivity index (χ3v) is 4.97. The minimum atomic E-state index is 0.0914. The number of aromatic nitrogens is 1. The number of thiazole rings is 1. The molecule has 0 radical (unpaired) electrons. The molecule has 0 spiro atoms.